The first-order valence-electron chi connectivity index (χ1n) is 19.9. The van der Waals surface area contributed by atoms with Gasteiger partial charge < -0.3 is 43.6 Å². The van der Waals surface area contributed by atoms with Crippen LogP contribution in [-0.4, -0.2) is 105 Å². The van der Waals surface area contributed by atoms with Crippen LogP contribution >= 0.6 is 11.6 Å². The molecule has 318 valence electrons. The van der Waals surface area contributed by atoms with E-state index in [-0.39, 0.29) is 80.7 Å². The summed E-state index contributed by atoms with van der Waals surface area (Å²) in [7, 11) is 2.98. The fraction of sp³-hybridized carbons (Fsp3) is 0.409. The van der Waals surface area contributed by atoms with Crippen LogP contribution in [0.4, 0.5) is 10.1 Å². The number of fused-ring (bicyclic) bond motifs is 2. The SMILES string of the molecule is COc1ccc2c(c1)c(CC(=O)OCCOCCOCCc1c(C(=O)O)c(=O)c3cc(F)c(N4CCNC(C)C4)c(OC)c3n1C1CC1)c(C)n2C(=O)c1ccc(Cl)cc1. The summed E-state index contributed by atoms with van der Waals surface area (Å²) < 4.78 is 47.5. The minimum Gasteiger partial charge on any atom is -0.497 e. The minimum absolute atomic E-state index is 0.0203. The van der Waals surface area contributed by atoms with E-state index in [1.807, 2.05) is 16.4 Å². The van der Waals surface area contributed by atoms with E-state index in [4.69, 9.17) is 35.3 Å². The van der Waals surface area contributed by atoms with Crippen molar-refractivity contribution in [1.29, 1.82) is 0 Å². The summed E-state index contributed by atoms with van der Waals surface area (Å²) in [5.41, 5.74) is 2.05. The lowest BCUT2D eigenvalue weighted by molar-refractivity contribution is -0.144. The first kappa shape index (κ1) is 42.6. The molecule has 2 aromatic heterocycles. The number of hydrogen-bond acceptors (Lipinski definition) is 11. The first-order valence-corrected chi connectivity index (χ1v) is 20.3. The van der Waals surface area contributed by atoms with Gasteiger partial charge in [0.1, 0.15) is 23.6 Å². The number of aromatic nitrogens is 2. The van der Waals surface area contributed by atoms with Crippen LogP contribution in [0.5, 0.6) is 11.5 Å². The van der Waals surface area contributed by atoms with E-state index in [0.717, 1.165) is 18.9 Å². The Kier molecular flexibility index (Phi) is 13.1. The number of piperazine rings is 1. The number of esters is 1. The van der Waals surface area contributed by atoms with Gasteiger partial charge in [-0.15, -0.1) is 0 Å². The Balaban J connectivity index is 0.965. The van der Waals surface area contributed by atoms with Crippen LogP contribution in [0, 0.1) is 12.7 Å². The van der Waals surface area contributed by atoms with Crippen molar-refractivity contribution in [2.24, 2.45) is 0 Å². The molecule has 0 radical (unpaired) electrons. The number of methoxy groups -OCH3 is 2. The largest absolute Gasteiger partial charge is 0.497 e. The molecule has 60 heavy (non-hydrogen) atoms. The predicted octanol–water partition coefficient (Wildman–Crippen LogP) is 5.96. The van der Waals surface area contributed by atoms with Gasteiger partial charge in [-0.2, -0.15) is 0 Å². The summed E-state index contributed by atoms with van der Waals surface area (Å²) in [6, 6.07) is 13.1. The summed E-state index contributed by atoms with van der Waals surface area (Å²) in [5, 5.41) is 14.8. The fourth-order valence-corrected chi connectivity index (χ4v) is 8.19. The number of benzene rings is 3. The van der Waals surface area contributed by atoms with Crippen molar-refractivity contribution in [2.45, 2.75) is 51.6 Å². The summed E-state index contributed by atoms with van der Waals surface area (Å²) in [6.45, 7) is 5.97. The molecule has 1 saturated carbocycles. The maximum Gasteiger partial charge on any atom is 0.341 e. The number of carbonyl (C=O) groups is 3. The number of halogens is 2. The lowest BCUT2D eigenvalue weighted by Crippen LogP contribution is -2.49. The molecule has 2 aliphatic rings. The van der Waals surface area contributed by atoms with E-state index in [9.17, 15) is 24.3 Å². The van der Waals surface area contributed by atoms with Crippen molar-refractivity contribution in [3.8, 4) is 11.5 Å². The zero-order valence-corrected chi connectivity index (χ0v) is 34.7. The molecule has 1 aliphatic heterocycles. The summed E-state index contributed by atoms with van der Waals surface area (Å²) in [4.78, 5) is 54.9. The number of carbonyl (C=O) groups excluding carboxylic acids is 2. The number of rotatable bonds is 17. The van der Waals surface area contributed by atoms with E-state index in [0.29, 0.717) is 69.3 Å². The normalized spacial score (nSPS) is 15.4. The second kappa shape index (κ2) is 18.4. The highest BCUT2D eigenvalue weighted by molar-refractivity contribution is 6.30. The van der Waals surface area contributed by atoms with Crippen LogP contribution in [0.3, 0.4) is 0 Å². The Hall–Kier alpha value is -5.48. The Morgan fingerprint density at radius 3 is 2.33 bits per heavy atom. The molecule has 0 amide bonds. The quantitative estimate of drug-likeness (QED) is 0.0838. The molecular formula is C44H48ClFN4O10. The molecule has 0 bridgehead atoms. The van der Waals surface area contributed by atoms with Crippen LogP contribution in [-0.2, 0) is 31.8 Å². The molecule has 2 N–H and O–H groups in total. The molecule has 1 unspecified atom stereocenters. The van der Waals surface area contributed by atoms with Gasteiger partial charge >= 0.3 is 11.9 Å². The number of ether oxygens (including phenoxy) is 5. The average Bonchev–Trinajstić information content (AvgIpc) is 4.03. The molecule has 16 heteroatoms. The molecule has 0 spiro atoms. The maximum atomic E-state index is 15.8. The number of anilines is 1. The number of carboxylic acid groups (broad SMARTS) is 1. The lowest BCUT2D eigenvalue weighted by atomic mass is 10.0. The first-order chi connectivity index (χ1) is 28.9. The Morgan fingerprint density at radius 1 is 0.950 bits per heavy atom. The molecule has 5 aromatic rings. The van der Waals surface area contributed by atoms with E-state index < -0.39 is 28.7 Å². The molecule has 1 aliphatic carbocycles. The van der Waals surface area contributed by atoms with E-state index in [2.05, 4.69) is 5.32 Å². The van der Waals surface area contributed by atoms with Gasteiger partial charge in [0.15, 0.2) is 11.6 Å². The van der Waals surface area contributed by atoms with Gasteiger partial charge in [-0.05, 0) is 80.8 Å². The fourth-order valence-electron chi connectivity index (χ4n) is 8.06. The highest BCUT2D eigenvalue weighted by atomic mass is 35.5. The van der Waals surface area contributed by atoms with Crippen molar-refractivity contribution >= 4 is 56.9 Å². The van der Waals surface area contributed by atoms with Crippen LogP contribution < -0.4 is 25.1 Å². The number of aromatic carboxylic acids is 1. The Bertz CT molecular complexity index is 2500. The van der Waals surface area contributed by atoms with Gasteiger partial charge in [-0.3, -0.25) is 19.0 Å². The summed E-state index contributed by atoms with van der Waals surface area (Å²) in [6.07, 6.45) is 1.56. The standard InChI is InChI=1S/C44H48ClFN4O10/c1-25-24-48(15-14-47-25)40-34(46)22-33-39(42(40)57-4)50(29-9-10-29)36(38(41(33)52)44(54)55)13-16-58-17-18-59-19-20-60-37(51)23-31-26(2)49(35-12-11-30(56-3)21-32(31)35)43(53)27-5-7-28(45)8-6-27/h5-8,11-12,21-22,25,29,47H,9-10,13-20,23-24H2,1-4H3,(H,54,55). The zero-order valence-electron chi connectivity index (χ0n) is 34.0. The number of carboxylic acids is 1. The second-order valence-corrected chi connectivity index (χ2v) is 15.4. The highest BCUT2D eigenvalue weighted by Gasteiger charge is 2.35. The predicted molar refractivity (Wildman–Crippen MR) is 224 cm³/mol. The Labute approximate surface area is 350 Å². The van der Waals surface area contributed by atoms with Gasteiger partial charge in [0.2, 0.25) is 5.43 Å². The van der Waals surface area contributed by atoms with Crippen molar-refractivity contribution in [2.75, 3.05) is 71.8 Å². The monoisotopic (exact) mass is 846 g/mol. The number of pyridine rings is 1. The van der Waals surface area contributed by atoms with Crippen LogP contribution in [0.25, 0.3) is 21.8 Å². The molecule has 3 aromatic carbocycles. The van der Waals surface area contributed by atoms with Gasteiger partial charge in [0, 0.05) is 65.5 Å². The molecular weight excluding hydrogens is 799 g/mol. The number of nitrogens with one attached hydrogen (secondary N) is 1. The van der Waals surface area contributed by atoms with Crippen LogP contribution in [0.1, 0.15) is 63.5 Å². The third kappa shape index (κ3) is 8.71. The second-order valence-electron chi connectivity index (χ2n) is 15.0. The van der Waals surface area contributed by atoms with Gasteiger partial charge in [0.05, 0.1) is 63.5 Å². The summed E-state index contributed by atoms with van der Waals surface area (Å²) in [5.74, 6) is -2.01. The number of nitrogens with zero attached hydrogens (tertiary/aromatic N) is 3. The van der Waals surface area contributed by atoms with E-state index in [1.54, 1.807) is 61.1 Å². The van der Waals surface area contributed by atoms with Crippen molar-refractivity contribution in [3.63, 3.8) is 0 Å². The lowest BCUT2D eigenvalue weighted by Gasteiger charge is -2.35. The van der Waals surface area contributed by atoms with Gasteiger partial charge in [0.25, 0.3) is 5.91 Å². The third-order valence-corrected chi connectivity index (χ3v) is 11.2. The molecule has 2 fully saturated rings. The molecule has 1 saturated heterocycles. The van der Waals surface area contributed by atoms with Crippen molar-refractivity contribution in [1.82, 2.24) is 14.5 Å². The van der Waals surface area contributed by atoms with Crippen molar-refractivity contribution in [3.05, 3.63) is 97.7 Å². The van der Waals surface area contributed by atoms with Crippen LogP contribution in [0.2, 0.25) is 5.02 Å². The van der Waals surface area contributed by atoms with E-state index in [1.165, 1.54) is 7.11 Å². The van der Waals surface area contributed by atoms with Gasteiger partial charge in [-0.1, -0.05) is 11.6 Å². The Morgan fingerprint density at radius 2 is 1.67 bits per heavy atom. The molecule has 1 atom stereocenters. The smallest absolute Gasteiger partial charge is 0.341 e. The summed E-state index contributed by atoms with van der Waals surface area (Å²) >= 11 is 6.04. The minimum atomic E-state index is -1.39. The van der Waals surface area contributed by atoms with E-state index >= 15 is 4.39 Å². The molecule has 3 heterocycles. The topological polar surface area (TPSA) is 160 Å². The van der Waals surface area contributed by atoms with Crippen molar-refractivity contribution < 1.29 is 47.6 Å². The number of hydrogen-bond donors (Lipinski definition) is 2. The highest BCUT2D eigenvalue weighted by Crippen LogP contribution is 2.45. The molecule has 7 rings (SSSR count). The molecule has 14 nitrogen and oxygen atoms in total. The third-order valence-electron chi connectivity index (χ3n) is 11.0. The average molecular weight is 847 g/mol. The van der Waals surface area contributed by atoms with Crippen LogP contribution in [0.15, 0.2) is 53.3 Å². The zero-order chi connectivity index (χ0) is 42.7. The van der Waals surface area contributed by atoms with Gasteiger partial charge in [-0.25, -0.2) is 9.18 Å². The maximum absolute atomic E-state index is 15.8.